The highest BCUT2D eigenvalue weighted by Gasteiger charge is 2.17. The molecule has 0 aliphatic rings. The largest absolute Gasteiger partial charge is 0.496 e. The number of hydrogen-bond acceptors (Lipinski definition) is 6. The molecule has 3 aromatic carbocycles. The molecule has 0 saturated carbocycles. The summed E-state index contributed by atoms with van der Waals surface area (Å²) in [5.74, 6) is 0.358. The summed E-state index contributed by atoms with van der Waals surface area (Å²) in [6, 6.07) is 15.4. The Kier molecular flexibility index (Phi) is 9.02. The molecule has 0 atom stereocenters. The number of rotatable bonds is 8. The molecule has 8 nitrogen and oxygen atoms in total. The van der Waals surface area contributed by atoms with E-state index in [4.69, 9.17) is 9.47 Å². The zero-order valence-electron chi connectivity index (χ0n) is 17.1. The normalized spacial score (nSPS) is 10.8. The van der Waals surface area contributed by atoms with Crippen molar-refractivity contribution < 1.29 is 19.2 Å². The van der Waals surface area contributed by atoms with Crippen LogP contribution in [-0.4, -0.2) is 24.2 Å². The number of nitrogens with one attached hydrogen (secondary N) is 1. The van der Waals surface area contributed by atoms with E-state index in [0.29, 0.717) is 6.61 Å². The number of halogens is 3. The Morgan fingerprint density at radius 3 is 2.42 bits per heavy atom. The standard InChI is InChI=1S/C22H16BrI2N3O5/c1-32-20-7-6-16(28(30)31)10-17(20)22(29)27-26-11-14-8-18(24)21(19(25)9-14)33-12-13-2-4-15(23)5-3-13/h2-11H,12H2,1H3,(H,27,29)/b26-11-. The lowest BCUT2D eigenvalue weighted by atomic mass is 10.1. The van der Waals surface area contributed by atoms with Crippen LogP contribution in [0.15, 0.2) is 64.2 Å². The molecule has 3 aromatic rings. The van der Waals surface area contributed by atoms with Gasteiger partial charge in [0.1, 0.15) is 18.1 Å². The number of carbonyl (C=O) groups is 1. The molecule has 0 aliphatic heterocycles. The van der Waals surface area contributed by atoms with Gasteiger partial charge in [0.2, 0.25) is 0 Å². The van der Waals surface area contributed by atoms with E-state index in [-0.39, 0.29) is 17.0 Å². The minimum atomic E-state index is -0.620. The lowest BCUT2D eigenvalue weighted by molar-refractivity contribution is -0.384. The average molecular weight is 736 g/mol. The fourth-order valence-electron chi connectivity index (χ4n) is 2.74. The van der Waals surface area contributed by atoms with Crippen molar-refractivity contribution in [2.75, 3.05) is 7.11 Å². The van der Waals surface area contributed by atoms with Crippen LogP contribution in [0.1, 0.15) is 21.5 Å². The second kappa shape index (κ2) is 11.7. The van der Waals surface area contributed by atoms with E-state index in [9.17, 15) is 14.9 Å². The predicted octanol–water partition coefficient (Wildman–Crippen LogP) is 5.92. The van der Waals surface area contributed by atoms with Gasteiger partial charge in [-0.3, -0.25) is 14.9 Å². The molecule has 0 bridgehead atoms. The van der Waals surface area contributed by atoms with Crippen LogP contribution < -0.4 is 14.9 Å². The summed E-state index contributed by atoms with van der Waals surface area (Å²) >= 11 is 7.79. The van der Waals surface area contributed by atoms with Gasteiger partial charge in [-0.1, -0.05) is 28.1 Å². The number of carbonyl (C=O) groups excluding carboxylic acids is 1. The zero-order chi connectivity index (χ0) is 24.0. The minimum Gasteiger partial charge on any atom is -0.496 e. The molecule has 0 radical (unpaired) electrons. The number of nitro benzene ring substituents is 1. The Balaban J connectivity index is 1.69. The Labute approximate surface area is 225 Å². The Morgan fingerprint density at radius 2 is 1.82 bits per heavy atom. The first-order valence-electron chi connectivity index (χ1n) is 9.30. The number of hydrogen-bond donors (Lipinski definition) is 1. The van der Waals surface area contributed by atoms with Gasteiger partial charge in [0.05, 0.1) is 31.0 Å². The molecule has 0 heterocycles. The number of amides is 1. The van der Waals surface area contributed by atoms with Gasteiger partial charge in [-0.15, -0.1) is 0 Å². The quantitative estimate of drug-likeness (QED) is 0.134. The average Bonchev–Trinajstić information content (AvgIpc) is 2.79. The Bertz CT molecular complexity index is 1200. The van der Waals surface area contributed by atoms with Gasteiger partial charge < -0.3 is 9.47 Å². The maximum atomic E-state index is 12.5. The molecule has 0 aliphatic carbocycles. The molecular weight excluding hydrogens is 720 g/mol. The van der Waals surface area contributed by atoms with Crippen molar-refractivity contribution in [2.24, 2.45) is 5.10 Å². The van der Waals surface area contributed by atoms with Crippen LogP contribution in [-0.2, 0) is 6.61 Å². The van der Waals surface area contributed by atoms with Crippen molar-refractivity contribution >= 4 is 78.9 Å². The summed E-state index contributed by atoms with van der Waals surface area (Å²) in [6.07, 6.45) is 1.49. The van der Waals surface area contributed by atoms with Crippen LogP contribution in [0, 0.1) is 17.3 Å². The maximum absolute atomic E-state index is 12.5. The number of non-ortho nitro benzene ring substituents is 1. The van der Waals surface area contributed by atoms with Gasteiger partial charge in [0.25, 0.3) is 11.6 Å². The SMILES string of the molecule is COc1ccc([N+](=O)[O-])cc1C(=O)N/N=C\c1cc(I)c(OCc2ccc(Br)cc2)c(I)c1. The summed E-state index contributed by atoms with van der Waals surface area (Å²) in [5.41, 5.74) is 3.99. The highest BCUT2D eigenvalue weighted by atomic mass is 127. The van der Waals surface area contributed by atoms with E-state index >= 15 is 0 Å². The van der Waals surface area contributed by atoms with Crippen LogP contribution in [0.3, 0.4) is 0 Å². The van der Waals surface area contributed by atoms with Gasteiger partial charge in [-0.25, -0.2) is 5.43 Å². The molecule has 0 fully saturated rings. The number of nitro groups is 1. The summed E-state index contributed by atoms with van der Waals surface area (Å²) in [6.45, 7) is 0.438. The Hall–Kier alpha value is -2.26. The van der Waals surface area contributed by atoms with E-state index < -0.39 is 10.8 Å². The molecule has 0 saturated heterocycles. The second-order valence-electron chi connectivity index (χ2n) is 6.57. The van der Waals surface area contributed by atoms with Crippen LogP contribution in [0.5, 0.6) is 11.5 Å². The molecule has 0 spiro atoms. The van der Waals surface area contributed by atoms with E-state index in [1.807, 2.05) is 36.4 Å². The third-order valence-corrected chi connectivity index (χ3v) is 6.47. The third kappa shape index (κ3) is 6.86. The van der Waals surface area contributed by atoms with E-state index in [1.54, 1.807) is 0 Å². The van der Waals surface area contributed by atoms with Crippen LogP contribution in [0.4, 0.5) is 5.69 Å². The fourth-order valence-corrected chi connectivity index (χ4v) is 5.13. The topological polar surface area (TPSA) is 103 Å². The van der Waals surface area contributed by atoms with E-state index in [1.165, 1.54) is 25.5 Å². The maximum Gasteiger partial charge on any atom is 0.275 e. The van der Waals surface area contributed by atoms with Gasteiger partial charge in [0, 0.05) is 16.6 Å². The van der Waals surface area contributed by atoms with Crippen LogP contribution in [0.2, 0.25) is 0 Å². The van der Waals surface area contributed by atoms with Crippen molar-refractivity contribution in [3.8, 4) is 11.5 Å². The lowest BCUT2D eigenvalue weighted by Gasteiger charge is -2.11. The lowest BCUT2D eigenvalue weighted by Crippen LogP contribution is -2.18. The molecule has 11 heteroatoms. The van der Waals surface area contributed by atoms with Crippen LogP contribution >= 0.6 is 61.1 Å². The van der Waals surface area contributed by atoms with Gasteiger partial charge in [0.15, 0.2) is 0 Å². The first-order chi connectivity index (χ1) is 15.8. The number of hydrazone groups is 1. The van der Waals surface area contributed by atoms with Gasteiger partial charge in [-0.05, 0) is 86.6 Å². The fraction of sp³-hybridized carbons (Fsp3) is 0.0909. The second-order valence-corrected chi connectivity index (χ2v) is 9.81. The molecule has 0 unspecified atom stereocenters. The molecule has 33 heavy (non-hydrogen) atoms. The van der Waals surface area contributed by atoms with Gasteiger partial charge >= 0.3 is 0 Å². The van der Waals surface area contributed by atoms with Crippen molar-refractivity contribution in [3.63, 3.8) is 0 Å². The summed E-state index contributed by atoms with van der Waals surface area (Å²) in [4.78, 5) is 22.9. The number of methoxy groups -OCH3 is 1. The number of ether oxygens (including phenoxy) is 2. The van der Waals surface area contributed by atoms with Crippen molar-refractivity contribution in [2.45, 2.75) is 6.61 Å². The number of nitrogens with zero attached hydrogens (tertiary/aromatic N) is 2. The molecule has 1 N–H and O–H groups in total. The minimum absolute atomic E-state index is 0.0182. The first kappa shape index (κ1) is 25.4. The highest BCUT2D eigenvalue weighted by molar-refractivity contribution is 14.1. The number of benzene rings is 3. The molecule has 3 rings (SSSR count). The highest BCUT2D eigenvalue weighted by Crippen LogP contribution is 2.29. The summed E-state index contributed by atoms with van der Waals surface area (Å²) in [7, 11) is 1.38. The van der Waals surface area contributed by atoms with Crippen molar-refractivity contribution in [3.05, 3.63) is 93.0 Å². The Morgan fingerprint density at radius 1 is 1.15 bits per heavy atom. The van der Waals surface area contributed by atoms with Crippen molar-refractivity contribution in [1.82, 2.24) is 5.43 Å². The first-order valence-corrected chi connectivity index (χ1v) is 12.3. The van der Waals surface area contributed by atoms with Gasteiger partial charge in [-0.2, -0.15) is 5.10 Å². The van der Waals surface area contributed by atoms with Crippen molar-refractivity contribution in [1.29, 1.82) is 0 Å². The molecular formula is C22H16BrI2N3O5. The third-order valence-electron chi connectivity index (χ3n) is 4.34. The van der Waals surface area contributed by atoms with Crippen LogP contribution in [0.25, 0.3) is 0 Å². The molecule has 0 aromatic heterocycles. The summed E-state index contributed by atoms with van der Waals surface area (Å²) < 4.78 is 13.9. The van der Waals surface area contributed by atoms with E-state index in [2.05, 4.69) is 71.6 Å². The monoisotopic (exact) mass is 735 g/mol. The molecule has 170 valence electrons. The summed E-state index contributed by atoms with van der Waals surface area (Å²) in [5, 5.41) is 15.0. The zero-order valence-corrected chi connectivity index (χ0v) is 23.0. The smallest absolute Gasteiger partial charge is 0.275 e. The predicted molar refractivity (Wildman–Crippen MR) is 145 cm³/mol. The van der Waals surface area contributed by atoms with E-state index in [0.717, 1.165) is 34.6 Å². The molecule has 1 amide bonds.